The molecule has 0 spiro atoms. The van der Waals surface area contributed by atoms with Crippen molar-refractivity contribution in [3.05, 3.63) is 59.7 Å². The SMILES string of the molecule is O=C1Nc2ccccc2/C1=C\c1ccc(N2CCNCC2)cc1. The number of amides is 1. The van der Waals surface area contributed by atoms with Crippen molar-refractivity contribution in [2.45, 2.75) is 0 Å². The highest BCUT2D eigenvalue weighted by Crippen LogP contribution is 2.32. The van der Waals surface area contributed by atoms with Crippen molar-refractivity contribution in [3.63, 3.8) is 0 Å². The Balaban J connectivity index is 1.60. The second kappa shape index (κ2) is 5.89. The number of nitrogens with one attached hydrogen (secondary N) is 2. The summed E-state index contributed by atoms with van der Waals surface area (Å²) in [5.41, 5.74) is 4.89. The highest BCUT2D eigenvalue weighted by molar-refractivity contribution is 6.34. The Morgan fingerprint density at radius 3 is 2.48 bits per heavy atom. The van der Waals surface area contributed by atoms with Gasteiger partial charge in [-0.2, -0.15) is 0 Å². The van der Waals surface area contributed by atoms with Crippen LogP contribution < -0.4 is 15.5 Å². The summed E-state index contributed by atoms with van der Waals surface area (Å²) in [6, 6.07) is 16.2. The molecule has 0 aliphatic carbocycles. The smallest absolute Gasteiger partial charge is 0.256 e. The first-order valence-electron chi connectivity index (χ1n) is 7.99. The zero-order valence-electron chi connectivity index (χ0n) is 12.9. The van der Waals surface area contributed by atoms with Gasteiger partial charge in [-0.1, -0.05) is 30.3 Å². The molecular weight excluding hydrogens is 286 g/mol. The number of carbonyl (C=O) groups is 1. The molecule has 2 aliphatic heterocycles. The number of nitrogens with zero attached hydrogens (tertiary/aromatic N) is 1. The van der Waals surface area contributed by atoms with Gasteiger partial charge < -0.3 is 15.5 Å². The minimum atomic E-state index is -0.0302. The highest BCUT2D eigenvalue weighted by Gasteiger charge is 2.23. The minimum absolute atomic E-state index is 0.0302. The lowest BCUT2D eigenvalue weighted by Gasteiger charge is -2.29. The fraction of sp³-hybridized carbons (Fsp3) is 0.211. The van der Waals surface area contributed by atoms with E-state index < -0.39 is 0 Å². The number of benzene rings is 2. The van der Waals surface area contributed by atoms with Crippen LogP contribution in [0.3, 0.4) is 0 Å². The Labute approximate surface area is 135 Å². The van der Waals surface area contributed by atoms with E-state index in [4.69, 9.17) is 0 Å². The number of para-hydroxylation sites is 1. The van der Waals surface area contributed by atoms with Gasteiger partial charge >= 0.3 is 0 Å². The van der Waals surface area contributed by atoms with Crippen LogP contribution in [0.5, 0.6) is 0 Å². The number of hydrogen-bond acceptors (Lipinski definition) is 3. The van der Waals surface area contributed by atoms with E-state index in [9.17, 15) is 4.79 Å². The number of rotatable bonds is 2. The molecule has 4 rings (SSSR count). The zero-order valence-corrected chi connectivity index (χ0v) is 12.9. The van der Waals surface area contributed by atoms with Gasteiger partial charge in [0.05, 0.1) is 0 Å². The number of carbonyl (C=O) groups excluding carboxylic acids is 1. The van der Waals surface area contributed by atoms with Crippen LogP contribution in [-0.2, 0) is 4.79 Å². The Morgan fingerprint density at radius 1 is 0.957 bits per heavy atom. The van der Waals surface area contributed by atoms with E-state index in [0.29, 0.717) is 0 Å². The summed E-state index contributed by atoms with van der Waals surface area (Å²) >= 11 is 0. The monoisotopic (exact) mass is 305 g/mol. The molecule has 2 N–H and O–H groups in total. The van der Waals surface area contributed by atoms with Crippen molar-refractivity contribution in [2.75, 3.05) is 36.4 Å². The van der Waals surface area contributed by atoms with Crippen molar-refractivity contribution in [1.29, 1.82) is 0 Å². The molecule has 0 bridgehead atoms. The number of fused-ring (bicyclic) bond motifs is 1. The molecule has 116 valence electrons. The molecule has 1 fully saturated rings. The summed E-state index contributed by atoms with van der Waals surface area (Å²) in [7, 11) is 0. The normalized spacial score (nSPS) is 18.9. The first-order valence-corrected chi connectivity index (χ1v) is 7.99. The molecule has 2 heterocycles. The molecule has 0 aromatic heterocycles. The Bertz CT molecular complexity index is 758. The quantitative estimate of drug-likeness (QED) is 0.838. The van der Waals surface area contributed by atoms with E-state index in [1.807, 2.05) is 30.3 Å². The first kappa shape index (κ1) is 14.0. The third-order valence-corrected chi connectivity index (χ3v) is 4.40. The van der Waals surface area contributed by atoms with E-state index in [-0.39, 0.29) is 5.91 Å². The van der Waals surface area contributed by atoms with Crippen molar-refractivity contribution in [1.82, 2.24) is 5.32 Å². The van der Waals surface area contributed by atoms with Gasteiger partial charge in [0, 0.05) is 48.7 Å². The fourth-order valence-electron chi connectivity index (χ4n) is 3.15. The molecule has 0 radical (unpaired) electrons. The van der Waals surface area contributed by atoms with Gasteiger partial charge in [0.15, 0.2) is 0 Å². The average molecular weight is 305 g/mol. The molecular formula is C19H19N3O. The second-order valence-electron chi connectivity index (χ2n) is 5.89. The predicted molar refractivity (Wildman–Crippen MR) is 94.5 cm³/mol. The molecule has 0 atom stereocenters. The van der Waals surface area contributed by atoms with Crippen LogP contribution in [0.25, 0.3) is 11.6 Å². The molecule has 0 unspecified atom stereocenters. The second-order valence-corrected chi connectivity index (χ2v) is 5.89. The van der Waals surface area contributed by atoms with Gasteiger partial charge in [0.25, 0.3) is 5.91 Å². The molecule has 1 saturated heterocycles. The predicted octanol–water partition coefficient (Wildman–Crippen LogP) is 2.59. The van der Waals surface area contributed by atoms with Crippen LogP contribution in [0.1, 0.15) is 11.1 Å². The van der Waals surface area contributed by atoms with Crippen molar-refractivity contribution in [3.8, 4) is 0 Å². The number of anilines is 2. The summed E-state index contributed by atoms with van der Waals surface area (Å²) in [4.78, 5) is 14.5. The Kier molecular flexibility index (Phi) is 3.60. The van der Waals surface area contributed by atoms with Crippen LogP contribution in [0.2, 0.25) is 0 Å². The lowest BCUT2D eigenvalue weighted by molar-refractivity contribution is -0.110. The third-order valence-electron chi connectivity index (χ3n) is 4.40. The molecule has 4 nitrogen and oxygen atoms in total. The zero-order chi connectivity index (χ0) is 15.6. The van der Waals surface area contributed by atoms with Crippen molar-refractivity contribution >= 4 is 28.9 Å². The van der Waals surface area contributed by atoms with E-state index >= 15 is 0 Å². The van der Waals surface area contributed by atoms with Crippen LogP contribution in [0.15, 0.2) is 48.5 Å². The standard InChI is InChI=1S/C19H19N3O/c23-19-17(16-3-1-2-4-18(16)21-19)13-14-5-7-15(8-6-14)22-11-9-20-10-12-22/h1-8,13,20H,9-12H2,(H,21,23)/b17-13+. The maximum Gasteiger partial charge on any atom is 0.256 e. The molecule has 0 saturated carbocycles. The van der Waals surface area contributed by atoms with Crippen LogP contribution in [-0.4, -0.2) is 32.1 Å². The minimum Gasteiger partial charge on any atom is -0.369 e. The summed E-state index contributed by atoms with van der Waals surface area (Å²) in [5, 5.41) is 6.27. The summed E-state index contributed by atoms with van der Waals surface area (Å²) in [5.74, 6) is -0.0302. The van der Waals surface area contributed by atoms with Crippen LogP contribution in [0, 0.1) is 0 Å². The summed E-state index contributed by atoms with van der Waals surface area (Å²) in [6.07, 6.45) is 1.96. The highest BCUT2D eigenvalue weighted by atomic mass is 16.2. The maximum atomic E-state index is 12.2. The lowest BCUT2D eigenvalue weighted by atomic mass is 10.0. The van der Waals surface area contributed by atoms with Gasteiger partial charge in [-0.05, 0) is 29.8 Å². The van der Waals surface area contributed by atoms with E-state index in [0.717, 1.165) is 48.6 Å². The third kappa shape index (κ3) is 2.73. The van der Waals surface area contributed by atoms with Gasteiger partial charge in [-0.3, -0.25) is 4.79 Å². The van der Waals surface area contributed by atoms with Crippen LogP contribution in [0.4, 0.5) is 11.4 Å². The van der Waals surface area contributed by atoms with E-state index in [1.54, 1.807) is 0 Å². The van der Waals surface area contributed by atoms with Crippen molar-refractivity contribution in [2.24, 2.45) is 0 Å². The Hall–Kier alpha value is -2.59. The maximum absolute atomic E-state index is 12.2. The summed E-state index contributed by atoms with van der Waals surface area (Å²) in [6.45, 7) is 4.14. The topological polar surface area (TPSA) is 44.4 Å². The molecule has 23 heavy (non-hydrogen) atoms. The number of hydrogen-bond donors (Lipinski definition) is 2. The van der Waals surface area contributed by atoms with Crippen LogP contribution >= 0.6 is 0 Å². The molecule has 4 heteroatoms. The van der Waals surface area contributed by atoms with Gasteiger partial charge in [-0.15, -0.1) is 0 Å². The Morgan fingerprint density at radius 2 is 1.70 bits per heavy atom. The van der Waals surface area contributed by atoms with Gasteiger partial charge in [0.1, 0.15) is 0 Å². The van der Waals surface area contributed by atoms with Crippen molar-refractivity contribution < 1.29 is 4.79 Å². The molecule has 1 amide bonds. The van der Waals surface area contributed by atoms with Gasteiger partial charge in [0.2, 0.25) is 0 Å². The molecule has 2 aromatic carbocycles. The van der Waals surface area contributed by atoms with E-state index in [1.165, 1.54) is 5.69 Å². The molecule has 2 aliphatic rings. The first-order chi connectivity index (χ1) is 11.3. The average Bonchev–Trinajstić information content (AvgIpc) is 2.92. The number of piperazine rings is 1. The largest absolute Gasteiger partial charge is 0.369 e. The van der Waals surface area contributed by atoms with E-state index in [2.05, 4.69) is 39.8 Å². The van der Waals surface area contributed by atoms with Gasteiger partial charge in [-0.25, -0.2) is 0 Å². The molecule has 2 aromatic rings. The fourth-order valence-corrected chi connectivity index (χ4v) is 3.15. The summed E-state index contributed by atoms with van der Waals surface area (Å²) < 4.78 is 0. The lowest BCUT2D eigenvalue weighted by Crippen LogP contribution is -2.43.